The number of hydrogen-bond donors (Lipinski definition) is 1. The summed E-state index contributed by atoms with van der Waals surface area (Å²) in [6.45, 7) is 12.0. The van der Waals surface area contributed by atoms with Crippen molar-refractivity contribution in [3.8, 4) is 22.6 Å². The summed E-state index contributed by atoms with van der Waals surface area (Å²) in [7, 11) is 4.23. The third kappa shape index (κ3) is 6.25. The predicted octanol–water partition coefficient (Wildman–Crippen LogP) is 7.83. The molecule has 4 heterocycles. The quantitative estimate of drug-likeness (QED) is 0.187. The lowest BCUT2D eigenvalue weighted by molar-refractivity contribution is -0.160. The number of benzene rings is 3. The van der Waals surface area contributed by atoms with Crippen LogP contribution in [-0.4, -0.2) is 80.5 Å². The number of hydrogen-bond acceptors (Lipinski definition) is 7. The molecule has 2 aromatic heterocycles. The van der Waals surface area contributed by atoms with E-state index >= 15 is 0 Å². The molecule has 1 unspecified atom stereocenters. The number of oxazole rings is 1. The molecule has 48 heavy (non-hydrogen) atoms. The molecule has 0 radical (unpaired) electrons. The van der Waals surface area contributed by atoms with Gasteiger partial charge in [-0.25, -0.2) is 9.78 Å². The van der Waals surface area contributed by atoms with Gasteiger partial charge in [0, 0.05) is 52.7 Å². The van der Waals surface area contributed by atoms with Gasteiger partial charge < -0.3 is 19.2 Å². The Morgan fingerprint density at radius 3 is 2.38 bits per heavy atom. The second kappa shape index (κ2) is 12.6. The summed E-state index contributed by atoms with van der Waals surface area (Å²) >= 11 is 6.27. The van der Waals surface area contributed by atoms with Gasteiger partial charge in [-0.05, 0) is 121 Å². The number of halogens is 1. The molecule has 0 bridgehead atoms. The maximum absolute atomic E-state index is 12.7. The minimum atomic E-state index is -1.22. The van der Waals surface area contributed by atoms with Crippen molar-refractivity contribution in [2.45, 2.75) is 70.6 Å². The van der Waals surface area contributed by atoms with Crippen LogP contribution in [0.4, 0.5) is 0 Å². The van der Waals surface area contributed by atoms with Gasteiger partial charge in [0.15, 0.2) is 11.7 Å². The van der Waals surface area contributed by atoms with Crippen molar-refractivity contribution in [3.05, 3.63) is 70.4 Å². The summed E-state index contributed by atoms with van der Waals surface area (Å²) in [4.78, 5) is 22.8. The van der Waals surface area contributed by atoms with E-state index in [0.717, 1.165) is 65.8 Å². The van der Waals surface area contributed by atoms with Crippen LogP contribution in [0.25, 0.3) is 44.6 Å². The Balaban J connectivity index is 1.30. The minimum Gasteiger partial charge on any atom is -0.479 e. The van der Waals surface area contributed by atoms with Crippen molar-refractivity contribution in [2.75, 3.05) is 33.2 Å². The largest absolute Gasteiger partial charge is 0.479 e. The average molecular weight is 670 g/mol. The van der Waals surface area contributed by atoms with E-state index in [9.17, 15) is 9.90 Å². The number of rotatable bonds is 7. The molecule has 5 aromatic rings. The van der Waals surface area contributed by atoms with Gasteiger partial charge >= 0.3 is 5.97 Å². The van der Waals surface area contributed by atoms with Gasteiger partial charge in [0.1, 0.15) is 5.52 Å². The van der Waals surface area contributed by atoms with Crippen molar-refractivity contribution in [1.29, 1.82) is 0 Å². The smallest absolute Gasteiger partial charge is 0.337 e. The van der Waals surface area contributed by atoms with Gasteiger partial charge in [-0.15, -0.1) is 0 Å². The number of likely N-dealkylation sites (N-methyl/N-ethyl adjacent to an activating group) is 1. The van der Waals surface area contributed by atoms with Gasteiger partial charge in [0.2, 0.25) is 5.89 Å². The zero-order chi connectivity index (χ0) is 33.9. The first kappa shape index (κ1) is 32.8. The van der Waals surface area contributed by atoms with Crippen LogP contribution in [0.3, 0.4) is 0 Å². The van der Waals surface area contributed by atoms with E-state index in [1.54, 1.807) is 12.1 Å². The Bertz CT molecular complexity index is 1980. The molecule has 10 heteroatoms. The lowest BCUT2D eigenvalue weighted by Gasteiger charge is -2.35. The molecule has 2 saturated heterocycles. The molecule has 2 aliphatic heterocycles. The molecule has 9 nitrogen and oxygen atoms in total. The van der Waals surface area contributed by atoms with E-state index in [1.165, 1.54) is 13.0 Å². The fourth-order valence-corrected chi connectivity index (χ4v) is 7.76. The number of carboxylic acid groups (broad SMARTS) is 1. The number of carbonyl (C=O) groups is 1. The van der Waals surface area contributed by atoms with Gasteiger partial charge in [-0.3, -0.25) is 9.58 Å². The highest BCUT2D eigenvalue weighted by atomic mass is 35.5. The Morgan fingerprint density at radius 1 is 1.02 bits per heavy atom. The Labute approximate surface area is 286 Å². The molecule has 2 atom stereocenters. The van der Waals surface area contributed by atoms with Gasteiger partial charge in [-0.2, -0.15) is 5.10 Å². The number of carboxylic acids is 1. The van der Waals surface area contributed by atoms with Crippen molar-refractivity contribution in [2.24, 2.45) is 7.05 Å². The van der Waals surface area contributed by atoms with E-state index in [2.05, 4.69) is 29.0 Å². The van der Waals surface area contributed by atoms with Crippen molar-refractivity contribution >= 4 is 39.6 Å². The fourth-order valence-electron chi connectivity index (χ4n) is 7.64. The van der Waals surface area contributed by atoms with Crippen LogP contribution >= 0.6 is 11.6 Å². The molecule has 0 saturated carbocycles. The van der Waals surface area contributed by atoms with Crippen molar-refractivity contribution < 1.29 is 19.1 Å². The molecule has 3 aromatic carbocycles. The first-order valence-electron chi connectivity index (χ1n) is 16.9. The Morgan fingerprint density at radius 2 is 1.73 bits per heavy atom. The van der Waals surface area contributed by atoms with Crippen LogP contribution < -0.4 is 0 Å². The molecule has 2 fully saturated rings. The van der Waals surface area contributed by atoms with Gasteiger partial charge in [-0.1, -0.05) is 23.7 Å². The van der Waals surface area contributed by atoms with Crippen molar-refractivity contribution in [3.63, 3.8) is 0 Å². The summed E-state index contributed by atoms with van der Waals surface area (Å²) in [5.41, 5.74) is 6.22. The predicted molar refractivity (Wildman–Crippen MR) is 190 cm³/mol. The first-order valence-corrected chi connectivity index (χ1v) is 17.2. The number of ether oxygens (including phenoxy) is 1. The van der Waals surface area contributed by atoms with Crippen LogP contribution in [0.2, 0.25) is 5.02 Å². The van der Waals surface area contributed by atoms with Gasteiger partial charge in [0.25, 0.3) is 0 Å². The zero-order valence-electron chi connectivity index (χ0n) is 28.6. The second-order valence-electron chi connectivity index (χ2n) is 14.6. The van der Waals surface area contributed by atoms with Crippen LogP contribution in [-0.2, 0) is 16.6 Å². The van der Waals surface area contributed by atoms with E-state index in [0.29, 0.717) is 45.1 Å². The molecule has 252 valence electrons. The number of aliphatic carboxylic acids is 1. The molecule has 2 aliphatic rings. The van der Waals surface area contributed by atoms with E-state index < -0.39 is 17.7 Å². The third-order valence-electron chi connectivity index (χ3n) is 9.94. The fraction of sp³-hybridized carbons (Fsp3) is 0.447. The number of fused-ring (bicyclic) bond motifs is 2. The molecule has 0 amide bonds. The maximum atomic E-state index is 12.7. The summed E-state index contributed by atoms with van der Waals surface area (Å²) in [6.07, 6.45) is 2.22. The van der Waals surface area contributed by atoms with Crippen LogP contribution in [0.5, 0.6) is 0 Å². The first-order chi connectivity index (χ1) is 22.9. The lowest BCUT2D eigenvalue weighted by atomic mass is 9.90. The molecule has 1 N–H and O–H groups in total. The molecule has 0 spiro atoms. The lowest BCUT2D eigenvalue weighted by Crippen LogP contribution is -2.42. The standard InChI is InChI=1S/C38H44ClN5O4/c1-22-19-29-34(32(23-7-10-26(39)11-8-23)31(22)35(37(45)46)48-38(2,3)4)47-36(40-29)25-9-12-30-28(20-25)33(41-43(30)6)24-13-17-44(18-14-24)27-15-16-42(5)21-27/h7-12,19-20,24,27,35H,13-18,21H2,1-6H3,(H,45,46)/t27-,35?/m0/s1. The molecule has 7 rings (SSSR count). The van der Waals surface area contributed by atoms with Crippen molar-refractivity contribution in [1.82, 2.24) is 24.6 Å². The summed E-state index contributed by atoms with van der Waals surface area (Å²) in [5, 5.41) is 17.1. The number of aromatic nitrogens is 3. The average Bonchev–Trinajstić information content (AvgIpc) is 3.76. The summed E-state index contributed by atoms with van der Waals surface area (Å²) in [5.74, 6) is -0.212. The minimum absolute atomic E-state index is 0.389. The number of nitrogens with zero attached hydrogens (tertiary/aromatic N) is 5. The highest BCUT2D eigenvalue weighted by molar-refractivity contribution is 6.30. The maximum Gasteiger partial charge on any atom is 0.337 e. The molecule has 0 aliphatic carbocycles. The van der Waals surface area contributed by atoms with E-state index in [1.807, 2.05) is 63.7 Å². The SMILES string of the molecule is Cc1cc2nc(-c3ccc4c(c3)c(C3CCN([C@H]5CCN(C)C5)CC3)nn4C)oc2c(-c2ccc(Cl)cc2)c1C(OC(C)(C)C)C(=O)O. The highest BCUT2D eigenvalue weighted by Crippen LogP contribution is 2.43. The second-order valence-corrected chi connectivity index (χ2v) is 15.0. The van der Waals surface area contributed by atoms with Gasteiger partial charge in [0.05, 0.1) is 16.8 Å². The Hall–Kier alpha value is -3.76. The van der Waals surface area contributed by atoms with E-state index in [4.69, 9.17) is 30.8 Å². The number of aryl methyl sites for hydroxylation is 2. The number of piperidine rings is 1. The van der Waals surface area contributed by atoms with E-state index in [-0.39, 0.29) is 0 Å². The topological polar surface area (TPSA) is 96.9 Å². The number of likely N-dealkylation sites (tertiary alicyclic amines) is 2. The normalized spacial score (nSPS) is 19.1. The molecular formula is C38H44ClN5O4. The monoisotopic (exact) mass is 669 g/mol. The van der Waals surface area contributed by atoms with Crippen LogP contribution in [0.15, 0.2) is 52.9 Å². The summed E-state index contributed by atoms with van der Waals surface area (Å²) < 4.78 is 14.7. The third-order valence-corrected chi connectivity index (χ3v) is 10.2. The Kier molecular flexibility index (Phi) is 8.60. The summed E-state index contributed by atoms with van der Waals surface area (Å²) in [6, 6.07) is 16.2. The van der Waals surface area contributed by atoms with Crippen LogP contribution in [0.1, 0.15) is 68.9 Å². The highest BCUT2D eigenvalue weighted by Gasteiger charge is 2.34. The zero-order valence-corrected chi connectivity index (χ0v) is 29.3. The van der Waals surface area contributed by atoms with Crippen LogP contribution in [0, 0.1) is 6.92 Å². The molecular weight excluding hydrogens is 626 g/mol.